The monoisotopic (exact) mass is 316 g/mol. The molecule has 4 nitrogen and oxygen atoms in total. The zero-order valence-electron chi connectivity index (χ0n) is 13.5. The van der Waals surface area contributed by atoms with Gasteiger partial charge in [-0.2, -0.15) is 0 Å². The van der Waals surface area contributed by atoms with Gasteiger partial charge in [-0.3, -0.25) is 0 Å². The van der Waals surface area contributed by atoms with Gasteiger partial charge in [-0.1, -0.05) is 0 Å². The Balaban J connectivity index is 1.60. The first kappa shape index (κ1) is 14.4. The van der Waals surface area contributed by atoms with Crippen LogP contribution in [-0.4, -0.2) is 48.6 Å². The fraction of sp³-hybridized carbons (Fsp3) is 0.647. The first-order valence-electron chi connectivity index (χ1n) is 8.37. The van der Waals surface area contributed by atoms with Gasteiger partial charge in [0, 0.05) is 18.5 Å². The molecule has 0 amide bonds. The molecule has 1 aliphatic carbocycles. The van der Waals surface area contributed by atoms with Crippen LogP contribution in [0.2, 0.25) is 0 Å². The minimum Gasteiger partial charge on any atom is -0.359 e. The fourth-order valence-corrected chi connectivity index (χ4v) is 5.14. The van der Waals surface area contributed by atoms with Gasteiger partial charge in [-0.05, 0) is 63.7 Å². The molecule has 4 rings (SSSR count). The second-order valence-electron chi connectivity index (χ2n) is 6.86. The van der Waals surface area contributed by atoms with Gasteiger partial charge in [0.1, 0.15) is 17.0 Å². The van der Waals surface area contributed by atoms with Gasteiger partial charge < -0.3 is 9.80 Å². The third kappa shape index (κ3) is 2.50. The maximum Gasteiger partial charge on any atom is 0.140 e. The molecule has 1 fully saturated rings. The topological polar surface area (TPSA) is 32.3 Å². The number of nitrogens with zero attached hydrogens (tertiary/aromatic N) is 4. The van der Waals surface area contributed by atoms with Gasteiger partial charge >= 0.3 is 0 Å². The van der Waals surface area contributed by atoms with E-state index in [4.69, 9.17) is 0 Å². The number of aromatic nitrogens is 2. The summed E-state index contributed by atoms with van der Waals surface area (Å²) in [6.45, 7) is 3.57. The highest BCUT2D eigenvalue weighted by molar-refractivity contribution is 7.19. The molecule has 2 aromatic heterocycles. The molecule has 1 aliphatic heterocycles. The summed E-state index contributed by atoms with van der Waals surface area (Å²) in [6, 6.07) is 0. The summed E-state index contributed by atoms with van der Waals surface area (Å²) in [4.78, 5) is 16.7. The summed E-state index contributed by atoms with van der Waals surface area (Å²) < 4.78 is 0. The average molecular weight is 316 g/mol. The van der Waals surface area contributed by atoms with Gasteiger partial charge in [-0.15, -0.1) is 11.3 Å². The van der Waals surface area contributed by atoms with Crippen LogP contribution in [0.3, 0.4) is 0 Å². The molecule has 0 spiro atoms. The third-order valence-corrected chi connectivity index (χ3v) is 6.41. The number of hydrogen-bond donors (Lipinski definition) is 0. The molecule has 1 saturated heterocycles. The molecular weight excluding hydrogens is 292 g/mol. The summed E-state index contributed by atoms with van der Waals surface area (Å²) in [6.07, 6.45) is 8.08. The van der Waals surface area contributed by atoms with Crippen molar-refractivity contribution in [2.24, 2.45) is 5.92 Å². The molecule has 0 aromatic carbocycles. The first-order chi connectivity index (χ1) is 10.7. The summed E-state index contributed by atoms with van der Waals surface area (Å²) in [5.74, 6) is 1.95. The maximum atomic E-state index is 4.65. The number of likely N-dealkylation sites (tertiary alicyclic amines) is 1. The van der Waals surface area contributed by atoms with Crippen LogP contribution in [0.25, 0.3) is 10.2 Å². The predicted molar refractivity (Wildman–Crippen MR) is 92.9 cm³/mol. The standard InChI is InChI=1S/C17H24N4S/c1-20-8-6-12(7-9-20)10-21(2)16-15-13-4-3-5-14(13)22-17(15)19-11-18-16/h11-12H,3-10H2,1-2H3. The Hall–Kier alpha value is -1.20. The van der Waals surface area contributed by atoms with Crippen molar-refractivity contribution in [3.05, 3.63) is 16.8 Å². The van der Waals surface area contributed by atoms with Crippen molar-refractivity contribution >= 4 is 27.4 Å². The van der Waals surface area contributed by atoms with Crippen molar-refractivity contribution in [3.8, 4) is 0 Å². The van der Waals surface area contributed by atoms with Gasteiger partial charge in [0.05, 0.1) is 5.39 Å². The Morgan fingerprint density at radius 2 is 2.09 bits per heavy atom. The predicted octanol–water partition coefficient (Wildman–Crippen LogP) is 2.96. The molecular formula is C17H24N4S. The van der Waals surface area contributed by atoms with Gasteiger partial charge in [0.25, 0.3) is 0 Å². The van der Waals surface area contributed by atoms with Crippen molar-refractivity contribution < 1.29 is 0 Å². The third-order valence-electron chi connectivity index (χ3n) is 5.21. The molecule has 0 saturated carbocycles. The fourth-order valence-electron chi connectivity index (χ4n) is 3.92. The van der Waals surface area contributed by atoms with E-state index in [1.807, 2.05) is 11.3 Å². The lowest BCUT2D eigenvalue weighted by atomic mass is 9.96. The van der Waals surface area contributed by atoms with E-state index in [2.05, 4.69) is 33.9 Å². The number of anilines is 1. The van der Waals surface area contributed by atoms with Crippen molar-refractivity contribution in [1.29, 1.82) is 0 Å². The van der Waals surface area contributed by atoms with Crippen molar-refractivity contribution in [1.82, 2.24) is 14.9 Å². The molecule has 5 heteroatoms. The van der Waals surface area contributed by atoms with E-state index in [0.717, 1.165) is 18.3 Å². The second kappa shape index (κ2) is 5.78. The molecule has 2 aromatic rings. The van der Waals surface area contributed by atoms with E-state index < -0.39 is 0 Å². The molecule has 3 heterocycles. The number of thiophene rings is 1. The number of fused-ring (bicyclic) bond motifs is 3. The summed E-state index contributed by atoms with van der Waals surface area (Å²) in [5, 5.41) is 1.34. The minimum absolute atomic E-state index is 0.790. The van der Waals surface area contributed by atoms with Gasteiger partial charge in [0.15, 0.2) is 0 Å². The van der Waals surface area contributed by atoms with E-state index >= 15 is 0 Å². The zero-order valence-corrected chi connectivity index (χ0v) is 14.3. The lowest BCUT2D eigenvalue weighted by molar-refractivity contribution is 0.222. The lowest BCUT2D eigenvalue weighted by Crippen LogP contribution is -2.36. The largest absolute Gasteiger partial charge is 0.359 e. The van der Waals surface area contributed by atoms with Gasteiger partial charge in [-0.25, -0.2) is 9.97 Å². The Kier molecular flexibility index (Phi) is 3.78. The molecule has 22 heavy (non-hydrogen) atoms. The summed E-state index contributed by atoms with van der Waals surface area (Å²) in [7, 11) is 4.43. The highest BCUT2D eigenvalue weighted by Crippen LogP contribution is 2.40. The number of piperidine rings is 1. The number of aryl methyl sites for hydroxylation is 2. The average Bonchev–Trinajstić information content (AvgIpc) is 3.09. The normalized spacial score (nSPS) is 19.7. The molecule has 0 N–H and O–H groups in total. The quantitative estimate of drug-likeness (QED) is 0.871. The minimum atomic E-state index is 0.790. The molecule has 0 bridgehead atoms. The SMILES string of the molecule is CN1CCC(CN(C)c2ncnc3sc4c(c23)CCC4)CC1. The zero-order chi connectivity index (χ0) is 15.1. The van der Waals surface area contributed by atoms with Crippen LogP contribution in [0.4, 0.5) is 5.82 Å². The van der Waals surface area contributed by atoms with Crippen molar-refractivity contribution in [2.75, 3.05) is 38.6 Å². The lowest BCUT2D eigenvalue weighted by Gasteiger charge is -2.32. The van der Waals surface area contributed by atoms with Crippen LogP contribution in [0.15, 0.2) is 6.33 Å². The smallest absolute Gasteiger partial charge is 0.140 e. The Bertz CT molecular complexity index is 673. The van der Waals surface area contributed by atoms with E-state index in [1.54, 1.807) is 11.2 Å². The van der Waals surface area contributed by atoms with E-state index in [-0.39, 0.29) is 0 Å². The van der Waals surface area contributed by atoms with E-state index in [9.17, 15) is 0 Å². The van der Waals surface area contributed by atoms with Crippen LogP contribution in [0.5, 0.6) is 0 Å². The highest BCUT2D eigenvalue weighted by Gasteiger charge is 2.24. The van der Waals surface area contributed by atoms with Crippen LogP contribution in [-0.2, 0) is 12.8 Å². The summed E-state index contributed by atoms with van der Waals surface area (Å²) >= 11 is 1.88. The van der Waals surface area contributed by atoms with Crippen LogP contribution in [0.1, 0.15) is 29.7 Å². The Labute approximate surface area is 136 Å². The van der Waals surface area contributed by atoms with Crippen LogP contribution < -0.4 is 4.90 Å². The van der Waals surface area contributed by atoms with E-state index in [0.29, 0.717) is 0 Å². The number of hydrogen-bond acceptors (Lipinski definition) is 5. The Morgan fingerprint density at radius 3 is 2.91 bits per heavy atom. The van der Waals surface area contributed by atoms with Gasteiger partial charge in [0.2, 0.25) is 0 Å². The molecule has 2 aliphatic rings. The first-order valence-corrected chi connectivity index (χ1v) is 9.19. The summed E-state index contributed by atoms with van der Waals surface area (Å²) in [5.41, 5.74) is 1.53. The van der Waals surface area contributed by atoms with E-state index in [1.165, 1.54) is 61.0 Å². The number of rotatable bonds is 3. The molecule has 118 valence electrons. The van der Waals surface area contributed by atoms with Crippen LogP contribution >= 0.6 is 11.3 Å². The molecule has 0 radical (unpaired) electrons. The highest BCUT2D eigenvalue weighted by atomic mass is 32.1. The Morgan fingerprint density at radius 1 is 1.27 bits per heavy atom. The maximum absolute atomic E-state index is 4.65. The second-order valence-corrected chi connectivity index (χ2v) is 7.95. The van der Waals surface area contributed by atoms with Crippen molar-refractivity contribution in [2.45, 2.75) is 32.1 Å². The van der Waals surface area contributed by atoms with Crippen molar-refractivity contribution in [3.63, 3.8) is 0 Å². The molecule has 0 unspecified atom stereocenters. The molecule has 0 atom stereocenters. The van der Waals surface area contributed by atoms with Crippen LogP contribution in [0, 0.1) is 5.92 Å².